The molecule has 0 aliphatic carbocycles. The average molecular weight is 360 g/mol. The van der Waals surface area contributed by atoms with Gasteiger partial charge in [0.05, 0.1) is 5.56 Å². The predicted octanol–water partition coefficient (Wildman–Crippen LogP) is 6.02. The summed E-state index contributed by atoms with van der Waals surface area (Å²) in [6.45, 7) is 8.48. The molecule has 1 N–H and O–H groups in total. The number of hydrogen-bond donors (Lipinski definition) is 1. The maximum absolute atomic E-state index is 13.4. The first-order chi connectivity index (χ1) is 12.8. The topological polar surface area (TPSA) is 54.4 Å². The number of benzene rings is 3. The zero-order valence-corrected chi connectivity index (χ0v) is 16.1. The predicted molar refractivity (Wildman–Crippen MR) is 109 cm³/mol. The van der Waals surface area contributed by atoms with E-state index >= 15 is 0 Å². The lowest BCUT2D eigenvalue weighted by Crippen LogP contribution is -2.08. The normalized spacial score (nSPS) is 11.3. The highest BCUT2D eigenvalue weighted by molar-refractivity contribution is 6.17. The molecule has 0 spiro atoms. The smallest absolute Gasteiger partial charge is 0.335 e. The number of carboxylic acid groups (broad SMARTS) is 1. The molecule has 3 nitrogen and oxygen atoms in total. The Balaban J connectivity index is 2.15. The third-order valence-electron chi connectivity index (χ3n) is 4.98. The van der Waals surface area contributed by atoms with Crippen molar-refractivity contribution in [2.75, 3.05) is 0 Å². The molecule has 0 fully saturated rings. The minimum absolute atomic E-state index is 0.0253. The second kappa shape index (κ2) is 7.36. The van der Waals surface area contributed by atoms with Crippen molar-refractivity contribution in [3.63, 3.8) is 0 Å². The van der Waals surface area contributed by atoms with Gasteiger partial charge in [0.1, 0.15) is 0 Å². The van der Waals surface area contributed by atoms with Crippen molar-refractivity contribution in [3.8, 4) is 0 Å². The van der Waals surface area contributed by atoms with E-state index in [1.165, 1.54) is 5.56 Å². The highest BCUT2D eigenvalue weighted by Crippen LogP contribution is 2.29. The number of fused-ring (bicyclic) bond motifs is 1. The summed E-state index contributed by atoms with van der Waals surface area (Å²) in [6, 6.07) is 16.4. The van der Waals surface area contributed by atoms with Crippen molar-refractivity contribution >= 4 is 22.5 Å². The minimum atomic E-state index is -0.972. The molecule has 3 aromatic rings. The maximum atomic E-state index is 13.4. The van der Waals surface area contributed by atoms with Crippen LogP contribution in [0.3, 0.4) is 0 Å². The third kappa shape index (κ3) is 3.63. The van der Waals surface area contributed by atoms with Gasteiger partial charge in [-0.3, -0.25) is 4.79 Å². The van der Waals surface area contributed by atoms with Gasteiger partial charge in [0.25, 0.3) is 0 Å². The highest BCUT2D eigenvalue weighted by atomic mass is 16.4. The van der Waals surface area contributed by atoms with Gasteiger partial charge in [0.15, 0.2) is 5.78 Å². The Morgan fingerprint density at radius 3 is 2.19 bits per heavy atom. The van der Waals surface area contributed by atoms with Crippen LogP contribution in [0.25, 0.3) is 10.8 Å². The third-order valence-corrected chi connectivity index (χ3v) is 4.98. The molecule has 0 aromatic heterocycles. The molecule has 3 heteroatoms. The Morgan fingerprint density at radius 2 is 1.56 bits per heavy atom. The van der Waals surface area contributed by atoms with E-state index in [4.69, 9.17) is 0 Å². The molecule has 0 radical (unpaired) electrons. The zero-order valence-electron chi connectivity index (χ0n) is 16.1. The molecule has 0 aliphatic rings. The Morgan fingerprint density at radius 1 is 0.815 bits per heavy atom. The molecule has 3 rings (SSSR count). The monoisotopic (exact) mass is 360 g/mol. The van der Waals surface area contributed by atoms with Crippen LogP contribution in [0.4, 0.5) is 0 Å². The van der Waals surface area contributed by atoms with E-state index in [2.05, 4.69) is 33.8 Å². The van der Waals surface area contributed by atoms with Crippen LogP contribution in [0.5, 0.6) is 0 Å². The van der Waals surface area contributed by atoms with Crippen molar-refractivity contribution in [2.45, 2.75) is 39.5 Å². The summed E-state index contributed by atoms with van der Waals surface area (Å²) in [5.41, 5.74) is 3.80. The van der Waals surface area contributed by atoms with Gasteiger partial charge in [-0.05, 0) is 45.9 Å². The second-order valence-electron chi connectivity index (χ2n) is 7.53. The molecule has 0 saturated carbocycles. The molecule has 0 atom stereocenters. The first-order valence-corrected chi connectivity index (χ1v) is 9.24. The fourth-order valence-corrected chi connectivity index (χ4v) is 3.38. The van der Waals surface area contributed by atoms with Crippen molar-refractivity contribution < 1.29 is 14.7 Å². The summed E-state index contributed by atoms with van der Waals surface area (Å²) >= 11 is 0. The summed E-state index contributed by atoms with van der Waals surface area (Å²) in [6.07, 6.45) is 0. The number of aromatic carboxylic acids is 1. The van der Waals surface area contributed by atoms with Crippen LogP contribution in [0, 0.1) is 0 Å². The van der Waals surface area contributed by atoms with Crippen LogP contribution >= 0.6 is 0 Å². The van der Waals surface area contributed by atoms with Crippen LogP contribution in [0.2, 0.25) is 0 Å². The van der Waals surface area contributed by atoms with Crippen LogP contribution in [-0.2, 0) is 0 Å². The van der Waals surface area contributed by atoms with E-state index in [0.29, 0.717) is 17.0 Å². The Kier molecular flexibility index (Phi) is 5.13. The summed E-state index contributed by atoms with van der Waals surface area (Å²) in [7, 11) is 0. The molecular formula is C24H24O3. The van der Waals surface area contributed by atoms with Gasteiger partial charge in [-0.1, -0.05) is 70.2 Å². The van der Waals surface area contributed by atoms with E-state index in [-0.39, 0.29) is 17.3 Å². The SMILES string of the molecule is CC(C)c1ccc(C(=O)c2cccc3cc(C(=O)O)ccc23)c(C(C)C)c1. The first-order valence-electron chi connectivity index (χ1n) is 9.24. The summed E-state index contributed by atoms with van der Waals surface area (Å²) in [5, 5.41) is 10.7. The van der Waals surface area contributed by atoms with Crippen LogP contribution in [0.15, 0.2) is 54.6 Å². The number of carbonyl (C=O) groups is 2. The molecule has 0 unspecified atom stereocenters. The minimum Gasteiger partial charge on any atom is -0.478 e. The largest absolute Gasteiger partial charge is 0.478 e. The van der Waals surface area contributed by atoms with Crippen LogP contribution in [-0.4, -0.2) is 16.9 Å². The van der Waals surface area contributed by atoms with Gasteiger partial charge in [-0.15, -0.1) is 0 Å². The number of ketones is 1. The number of rotatable bonds is 5. The van der Waals surface area contributed by atoms with E-state index < -0.39 is 5.97 Å². The number of carbonyl (C=O) groups excluding carboxylic acids is 1. The quantitative estimate of drug-likeness (QED) is 0.566. The number of hydrogen-bond acceptors (Lipinski definition) is 2. The molecule has 0 heterocycles. The molecule has 27 heavy (non-hydrogen) atoms. The standard InChI is InChI=1S/C24H24O3/c1-14(2)16-8-11-21(22(13-16)15(3)4)23(25)20-7-5-6-17-12-18(24(26)27)9-10-19(17)20/h5-15H,1-4H3,(H,26,27). The Hall–Kier alpha value is -2.94. The summed E-state index contributed by atoms with van der Waals surface area (Å²) < 4.78 is 0. The van der Waals surface area contributed by atoms with Gasteiger partial charge in [0.2, 0.25) is 0 Å². The lowest BCUT2D eigenvalue weighted by Gasteiger charge is -2.16. The van der Waals surface area contributed by atoms with E-state index in [1.807, 2.05) is 24.3 Å². The molecule has 138 valence electrons. The van der Waals surface area contributed by atoms with Crippen molar-refractivity contribution in [3.05, 3.63) is 82.4 Å². The van der Waals surface area contributed by atoms with Crippen LogP contribution in [0.1, 0.15) is 76.9 Å². The molecular weight excluding hydrogens is 336 g/mol. The van der Waals surface area contributed by atoms with E-state index in [1.54, 1.807) is 24.3 Å². The van der Waals surface area contributed by atoms with Gasteiger partial charge in [0, 0.05) is 11.1 Å². The first kappa shape index (κ1) is 18.8. The van der Waals surface area contributed by atoms with E-state index in [0.717, 1.165) is 16.3 Å². The van der Waals surface area contributed by atoms with Gasteiger partial charge in [-0.2, -0.15) is 0 Å². The number of carboxylic acids is 1. The Bertz CT molecular complexity index is 1030. The van der Waals surface area contributed by atoms with Crippen molar-refractivity contribution in [2.24, 2.45) is 0 Å². The van der Waals surface area contributed by atoms with Crippen molar-refractivity contribution in [1.82, 2.24) is 0 Å². The van der Waals surface area contributed by atoms with Crippen molar-refractivity contribution in [1.29, 1.82) is 0 Å². The van der Waals surface area contributed by atoms with Gasteiger partial charge < -0.3 is 5.11 Å². The molecule has 0 amide bonds. The molecule has 0 bridgehead atoms. The fourth-order valence-electron chi connectivity index (χ4n) is 3.38. The average Bonchev–Trinajstić information content (AvgIpc) is 2.65. The maximum Gasteiger partial charge on any atom is 0.335 e. The van der Waals surface area contributed by atoms with Crippen LogP contribution < -0.4 is 0 Å². The lowest BCUT2D eigenvalue weighted by molar-refractivity contribution is 0.0697. The summed E-state index contributed by atoms with van der Waals surface area (Å²) in [5.74, 6) is -0.363. The zero-order chi connectivity index (χ0) is 19.7. The summed E-state index contributed by atoms with van der Waals surface area (Å²) in [4.78, 5) is 24.6. The molecule has 0 saturated heterocycles. The fraction of sp³-hybridized carbons (Fsp3) is 0.250. The molecule has 0 aliphatic heterocycles. The van der Waals surface area contributed by atoms with E-state index in [9.17, 15) is 14.7 Å². The second-order valence-corrected chi connectivity index (χ2v) is 7.53. The van der Waals surface area contributed by atoms with Gasteiger partial charge in [-0.25, -0.2) is 4.79 Å². The molecule has 3 aromatic carbocycles. The lowest BCUT2D eigenvalue weighted by atomic mass is 9.87. The van der Waals surface area contributed by atoms with Gasteiger partial charge >= 0.3 is 5.97 Å². The Labute approximate surface area is 159 Å². The highest BCUT2D eigenvalue weighted by Gasteiger charge is 2.19.